The number of aryl methyl sites for hydroxylation is 2. The molecule has 18 heavy (non-hydrogen) atoms. The Bertz CT molecular complexity index is 601. The molecule has 0 aliphatic heterocycles. The molecule has 2 heteroatoms. The van der Waals surface area contributed by atoms with Crippen LogP contribution in [0, 0.1) is 13.8 Å². The maximum atomic E-state index is 6.70. The van der Waals surface area contributed by atoms with Gasteiger partial charge in [-0.25, -0.2) is 0 Å². The Kier molecular flexibility index (Phi) is 2.53. The smallest absolute Gasteiger partial charge is 0.0483 e. The second-order valence-electron chi connectivity index (χ2n) is 5.90. The van der Waals surface area contributed by atoms with E-state index in [0.29, 0.717) is 0 Å². The van der Waals surface area contributed by atoms with Crippen LogP contribution in [0.3, 0.4) is 0 Å². The number of nitrogens with two attached hydrogens (primary N) is 1. The zero-order valence-corrected chi connectivity index (χ0v) is 11.6. The molecule has 1 aliphatic carbocycles. The number of hydrogen-bond donors (Lipinski definition) is 1. The van der Waals surface area contributed by atoms with Crippen molar-refractivity contribution < 1.29 is 0 Å². The Labute approximate surface area is 109 Å². The monoisotopic (exact) mass is 242 g/mol. The Morgan fingerprint density at radius 3 is 2.50 bits per heavy atom. The summed E-state index contributed by atoms with van der Waals surface area (Å²) in [7, 11) is 2.15. The summed E-state index contributed by atoms with van der Waals surface area (Å²) in [5.74, 6) is 0. The van der Waals surface area contributed by atoms with Crippen molar-refractivity contribution in [2.45, 2.75) is 45.1 Å². The zero-order valence-electron chi connectivity index (χ0n) is 11.6. The molecule has 1 aromatic carbocycles. The Balaban J connectivity index is 2.34. The van der Waals surface area contributed by atoms with Crippen molar-refractivity contribution in [1.82, 2.24) is 4.57 Å². The van der Waals surface area contributed by atoms with Crippen LogP contribution in [0.1, 0.15) is 42.5 Å². The van der Waals surface area contributed by atoms with Crippen LogP contribution in [0.4, 0.5) is 0 Å². The lowest BCUT2D eigenvalue weighted by Crippen LogP contribution is -2.33. The summed E-state index contributed by atoms with van der Waals surface area (Å²) < 4.78 is 2.29. The molecule has 1 fully saturated rings. The number of rotatable bonds is 1. The summed E-state index contributed by atoms with van der Waals surface area (Å²) in [6, 6.07) is 6.70. The molecule has 3 rings (SSSR count). The van der Waals surface area contributed by atoms with E-state index in [1.165, 1.54) is 40.6 Å². The summed E-state index contributed by atoms with van der Waals surface area (Å²) in [6.45, 7) is 4.36. The van der Waals surface area contributed by atoms with E-state index in [9.17, 15) is 0 Å². The fourth-order valence-electron chi connectivity index (χ4n) is 3.57. The van der Waals surface area contributed by atoms with E-state index in [4.69, 9.17) is 5.73 Å². The quantitative estimate of drug-likeness (QED) is 0.815. The molecule has 0 atom stereocenters. The molecule has 96 valence electrons. The predicted octanol–water partition coefficient (Wildman–Crippen LogP) is 3.52. The van der Waals surface area contributed by atoms with Gasteiger partial charge in [0.1, 0.15) is 0 Å². The zero-order chi connectivity index (χ0) is 12.9. The summed E-state index contributed by atoms with van der Waals surface area (Å²) in [5.41, 5.74) is 11.9. The van der Waals surface area contributed by atoms with Gasteiger partial charge in [0, 0.05) is 34.7 Å². The Morgan fingerprint density at radius 2 is 1.83 bits per heavy atom. The van der Waals surface area contributed by atoms with Gasteiger partial charge in [0.15, 0.2) is 0 Å². The topological polar surface area (TPSA) is 30.9 Å². The van der Waals surface area contributed by atoms with E-state index in [1.807, 2.05) is 0 Å². The largest absolute Gasteiger partial charge is 0.348 e. The van der Waals surface area contributed by atoms with E-state index in [2.05, 4.69) is 43.7 Å². The van der Waals surface area contributed by atoms with Crippen molar-refractivity contribution in [2.24, 2.45) is 12.8 Å². The van der Waals surface area contributed by atoms with E-state index in [0.717, 1.165) is 12.8 Å². The molecule has 0 amide bonds. The Hall–Kier alpha value is -1.28. The predicted molar refractivity (Wildman–Crippen MR) is 76.7 cm³/mol. The maximum Gasteiger partial charge on any atom is 0.0483 e. The first-order chi connectivity index (χ1) is 8.53. The van der Waals surface area contributed by atoms with E-state index in [-0.39, 0.29) is 5.54 Å². The van der Waals surface area contributed by atoms with E-state index >= 15 is 0 Å². The van der Waals surface area contributed by atoms with E-state index < -0.39 is 0 Å². The molecule has 1 saturated carbocycles. The lowest BCUT2D eigenvalue weighted by molar-refractivity contribution is 0.461. The maximum absolute atomic E-state index is 6.70. The van der Waals surface area contributed by atoms with Crippen LogP contribution in [0.15, 0.2) is 18.2 Å². The minimum absolute atomic E-state index is 0.0998. The fourth-order valence-corrected chi connectivity index (χ4v) is 3.57. The first-order valence-electron chi connectivity index (χ1n) is 6.88. The third kappa shape index (κ3) is 1.52. The van der Waals surface area contributed by atoms with Gasteiger partial charge in [-0.3, -0.25) is 0 Å². The van der Waals surface area contributed by atoms with Crippen molar-refractivity contribution in [3.8, 4) is 0 Å². The second-order valence-corrected chi connectivity index (χ2v) is 5.90. The number of hydrogen-bond acceptors (Lipinski definition) is 1. The number of aromatic nitrogens is 1. The molecular weight excluding hydrogens is 220 g/mol. The van der Waals surface area contributed by atoms with Gasteiger partial charge in [-0.1, -0.05) is 24.5 Å². The molecule has 0 saturated heterocycles. The van der Waals surface area contributed by atoms with Gasteiger partial charge in [-0.15, -0.1) is 0 Å². The average Bonchev–Trinajstić information content (AvgIpc) is 2.85. The van der Waals surface area contributed by atoms with Gasteiger partial charge in [-0.2, -0.15) is 0 Å². The lowest BCUT2D eigenvalue weighted by atomic mass is 9.87. The molecule has 1 aromatic heterocycles. The molecule has 0 radical (unpaired) electrons. The highest BCUT2D eigenvalue weighted by Crippen LogP contribution is 2.42. The van der Waals surface area contributed by atoms with Crippen molar-refractivity contribution in [3.63, 3.8) is 0 Å². The average molecular weight is 242 g/mol. The van der Waals surface area contributed by atoms with Gasteiger partial charge in [0.25, 0.3) is 0 Å². The van der Waals surface area contributed by atoms with Crippen molar-refractivity contribution in [2.75, 3.05) is 0 Å². The highest BCUT2D eigenvalue weighted by atomic mass is 15.0. The van der Waals surface area contributed by atoms with Crippen molar-refractivity contribution in [1.29, 1.82) is 0 Å². The van der Waals surface area contributed by atoms with Crippen LogP contribution in [0.25, 0.3) is 10.9 Å². The fraction of sp³-hybridized carbons (Fsp3) is 0.500. The second kappa shape index (κ2) is 3.86. The summed E-state index contributed by atoms with van der Waals surface area (Å²) in [5, 5.41) is 1.36. The number of benzene rings is 1. The molecule has 0 unspecified atom stereocenters. The molecule has 0 spiro atoms. The minimum atomic E-state index is -0.0998. The molecule has 2 aromatic rings. The number of nitrogens with zero attached hydrogens (tertiary/aromatic N) is 1. The van der Waals surface area contributed by atoms with Crippen molar-refractivity contribution in [3.05, 3.63) is 35.0 Å². The van der Waals surface area contributed by atoms with Crippen LogP contribution >= 0.6 is 0 Å². The summed E-state index contributed by atoms with van der Waals surface area (Å²) >= 11 is 0. The molecule has 0 bridgehead atoms. The van der Waals surface area contributed by atoms with Crippen molar-refractivity contribution >= 4 is 10.9 Å². The summed E-state index contributed by atoms with van der Waals surface area (Å²) in [6.07, 6.45) is 4.78. The van der Waals surface area contributed by atoms with Gasteiger partial charge in [-0.05, 0) is 38.8 Å². The van der Waals surface area contributed by atoms with Crippen LogP contribution in [0.5, 0.6) is 0 Å². The molecule has 2 N–H and O–H groups in total. The standard InChI is InChI=1S/C16H22N2/c1-11-6-7-14-13(10-11)15(12(2)18(14)3)16(17)8-4-5-9-16/h6-7,10H,4-5,8-9,17H2,1-3H3. The lowest BCUT2D eigenvalue weighted by Gasteiger charge is -2.25. The normalized spacial score (nSPS) is 18.7. The Morgan fingerprint density at radius 1 is 1.17 bits per heavy atom. The first-order valence-corrected chi connectivity index (χ1v) is 6.88. The van der Waals surface area contributed by atoms with Crippen LogP contribution in [0.2, 0.25) is 0 Å². The molecule has 1 heterocycles. The molecular formula is C16H22N2. The third-order valence-electron chi connectivity index (χ3n) is 4.64. The SMILES string of the molecule is Cc1ccc2c(c1)c(C1(N)CCCC1)c(C)n2C. The first kappa shape index (κ1) is 11.8. The highest BCUT2D eigenvalue weighted by Gasteiger charge is 2.35. The van der Waals surface area contributed by atoms with Crippen LogP contribution in [-0.4, -0.2) is 4.57 Å². The molecule has 2 nitrogen and oxygen atoms in total. The highest BCUT2D eigenvalue weighted by molar-refractivity contribution is 5.87. The summed E-state index contributed by atoms with van der Waals surface area (Å²) in [4.78, 5) is 0. The van der Waals surface area contributed by atoms with E-state index in [1.54, 1.807) is 0 Å². The van der Waals surface area contributed by atoms with Crippen LogP contribution < -0.4 is 5.73 Å². The third-order valence-corrected chi connectivity index (χ3v) is 4.64. The van der Waals surface area contributed by atoms with Crippen LogP contribution in [-0.2, 0) is 12.6 Å². The van der Waals surface area contributed by atoms with Gasteiger partial charge < -0.3 is 10.3 Å². The molecule has 1 aliphatic rings. The van der Waals surface area contributed by atoms with Gasteiger partial charge in [0.05, 0.1) is 0 Å². The number of fused-ring (bicyclic) bond motifs is 1. The van der Waals surface area contributed by atoms with Gasteiger partial charge in [0.2, 0.25) is 0 Å². The minimum Gasteiger partial charge on any atom is -0.348 e. The van der Waals surface area contributed by atoms with Gasteiger partial charge >= 0.3 is 0 Å².